The van der Waals surface area contributed by atoms with Crippen LogP contribution in [-0.4, -0.2) is 74.7 Å². The van der Waals surface area contributed by atoms with Gasteiger partial charge >= 0.3 is 19.8 Å². The molecule has 0 aromatic heterocycles. The molecule has 0 unspecified atom stereocenters. The first-order chi connectivity index (χ1) is 24.3. The first-order valence-electron chi connectivity index (χ1n) is 19.7. The third kappa shape index (κ3) is 25.9. The van der Waals surface area contributed by atoms with Gasteiger partial charge in [-0.25, -0.2) is 4.57 Å². The van der Waals surface area contributed by atoms with Crippen LogP contribution in [0.3, 0.4) is 0 Å². The Balaban J connectivity index is 2.34. The van der Waals surface area contributed by atoms with Gasteiger partial charge in [0.2, 0.25) is 0 Å². The molecule has 11 nitrogen and oxygen atoms in total. The molecule has 12 heteroatoms. The van der Waals surface area contributed by atoms with Gasteiger partial charge in [-0.15, -0.1) is 0 Å². The lowest BCUT2D eigenvalue weighted by molar-refractivity contribution is -0.161. The summed E-state index contributed by atoms with van der Waals surface area (Å²) in [5.41, 5.74) is 0. The minimum absolute atomic E-state index is 0.0366. The molecule has 298 valence electrons. The number of unbranched alkanes of at least 4 members (excludes halogenated alkanes) is 12. The molecule has 1 rings (SSSR count). The maximum atomic E-state index is 12.5. The number of phosphoric acid groups is 1. The highest BCUT2D eigenvalue weighted by Gasteiger charge is 2.39. The molecule has 0 aliphatic heterocycles. The molecule has 0 aromatic rings. The summed E-state index contributed by atoms with van der Waals surface area (Å²) < 4.78 is 26.3. The van der Waals surface area contributed by atoms with Gasteiger partial charge in [0.05, 0.1) is 24.9 Å². The second-order valence-corrected chi connectivity index (χ2v) is 15.9. The first kappa shape index (κ1) is 47.4. The number of aliphatic hydroxyl groups excluding tert-OH is 3. The topological polar surface area (TPSA) is 180 Å². The van der Waals surface area contributed by atoms with E-state index >= 15 is 0 Å². The van der Waals surface area contributed by atoms with Crippen molar-refractivity contribution in [1.82, 2.24) is 0 Å². The van der Waals surface area contributed by atoms with Crippen molar-refractivity contribution in [3.8, 4) is 0 Å². The molecule has 0 amide bonds. The number of ether oxygens (including phenoxy) is 2. The third-order valence-electron chi connectivity index (χ3n) is 9.47. The second kappa shape index (κ2) is 28.9. The van der Waals surface area contributed by atoms with Crippen molar-refractivity contribution in [1.29, 1.82) is 0 Å². The fourth-order valence-electron chi connectivity index (χ4n) is 6.43. The van der Waals surface area contributed by atoms with Crippen LogP contribution in [-0.2, 0) is 28.2 Å². The molecule has 0 spiro atoms. The number of phosphoric ester groups is 1. The molecule has 51 heavy (non-hydrogen) atoms. The van der Waals surface area contributed by atoms with Crippen LogP contribution >= 0.6 is 7.82 Å². The number of carbonyl (C=O) groups excluding carboxylic acids is 2. The van der Waals surface area contributed by atoms with Gasteiger partial charge in [-0.05, 0) is 43.9 Å². The second-order valence-electron chi connectivity index (χ2n) is 14.7. The van der Waals surface area contributed by atoms with E-state index in [2.05, 4.69) is 25.3 Å². The van der Waals surface area contributed by atoms with Gasteiger partial charge in [0.25, 0.3) is 0 Å². The molecule has 0 bridgehead atoms. The number of hydrogen-bond acceptors (Lipinski definition) is 9. The largest absolute Gasteiger partial charge is 0.469 e. The smallest absolute Gasteiger partial charge is 0.462 e. The fraction of sp³-hybridized carbons (Fsp3) is 0.846. The van der Waals surface area contributed by atoms with Crippen LogP contribution < -0.4 is 0 Å². The molecule has 1 fully saturated rings. The van der Waals surface area contributed by atoms with Gasteiger partial charge < -0.3 is 34.6 Å². The van der Waals surface area contributed by atoms with Crippen molar-refractivity contribution in [3.05, 3.63) is 24.3 Å². The SMILES string of the molecule is CCCCC[C@H](O)/C=C/[C@@H]1[C@@H](C/C=C/CCCC(=O)O[C@H](COC(=O)CCCCCCCCCCCCC(C)C)COP(=O)(O)O)[C@@H](O)C[C@H]1O. The molecule has 1 aliphatic carbocycles. The molecule has 1 saturated carbocycles. The Kier molecular flexibility index (Phi) is 26.8. The highest BCUT2D eigenvalue weighted by atomic mass is 31.2. The van der Waals surface area contributed by atoms with E-state index in [1.165, 1.54) is 44.9 Å². The third-order valence-corrected chi connectivity index (χ3v) is 9.96. The average molecular weight is 747 g/mol. The van der Waals surface area contributed by atoms with Crippen LogP contribution in [0.5, 0.6) is 0 Å². The van der Waals surface area contributed by atoms with Crippen molar-refractivity contribution < 1.29 is 53.3 Å². The van der Waals surface area contributed by atoms with Gasteiger partial charge in [-0.2, -0.15) is 0 Å². The zero-order valence-corrected chi connectivity index (χ0v) is 32.6. The van der Waals surface area contributed by atoms with E-state index in [0.29, 0.717) is 32.1 Å². The summed E-state index contributed by atoms with van der Waals surface area (Å²) in [6.45, 7) is 5.67. The average Bonchev–Trinajstić information content (AvgIpc) is 3.33. The summed E-state index contributed by atoms with van der Waals surface area (Å²) in [7, 11) is -4.82. The van der Waals surface area contributed by atoms with Gasteiger partial charge in [0.1, 0.15) is 6.61 Å². The van der Waals surface area contributed by atoms with Crippen molar-refractivity contribution in [2.24, 2.45) is 17.8 Å². The monoisotopic (exact) mass is 746 g/mol. The molecule has 0 saturated heterocycles. The number of hydrogen-bond donors (Lipinski definition) is 5. The Morgan fingerprint density at radius 2 is 1.39 bits per heavy atom. The molecule has 0 radical (unpaired) electrons. The summed E-state index contributed by atoms with van der Waals surface area (Å²) in [4.78, 5) is 42.9. The Morgan fingerprint density at radius 1 is 0.784 bits per heavy atom. The van der Waals surface area contributed by atoms with E-state index in [-0.39, 0.29) is 37.7 Å². The van der Waals surface area contributed by atoms with Gasteiger partial charge in [0, 0.05) is 25.2 Å². The van der Waals surface area contributed by atoms with Crippen LogP contribution in [0.15, 0.2) is 24.3 Å². The van der Waals surface area contributed by atoms with Crippen molar-refractivity contribution >= 4 is 19.8 Å². The van der Waals surface area contributed by atoms with E-state index in [1.54, 1.807) is 6.08 Å². The van der Waals surface area contributed by atoms with Crippen LogP contribution in [0, 0.1) is 17.8 Å². The van der Waals surface area contributed by atoms with Crippen LogP contribution in [0.1, 0.15) is 156 Å². The maximum absolute atomic E-state index is 12.5. The van der Waals surface area contributed by atoms with E-state index in [4.69, 9.17) is 19.3 Å². The van der Waals surface area contributed by atoms with Crippen molar-refractivity contribution in [2.45, 2.75) is 180 Å². The molecule has 5 N–H and O–H groups in total. The fourth-order valence-corrected chi connectivity index (χ4v) is 6.79. The van der Waals surface area contributed by atoms with E-state index in [9.17, 15) is 29.5 Å². The van der Waals surface area contributed by atoms with E-state index < -0.39 is 50.8 Å². The zero-order valence-electron chi connectivity index (χ0n) is 31.7. The van der Waals surface area contributed by atoms with Gasteiger partial charge in [-0.1, -0.05) is 129 Å². The van der Waals surface area contributed by atoms with Crippen LogP contribution in [0.25, 0.3) is 0 Å². The zero-order chi connectivity index (χ0) is 37.9. The van der Waals surface area contributed by atoms with E-state index in [1.807, 2.05) is 18.2 Å². The summed E-state index contributed by atoms with van der Waals surface area (Å²) in [6, 6.07) is 0. The lowest BCUT2D eigenvalue weighted by Crippen LogP contribution is -2.29. The highest BCUT2D eigenvalue weighted by molar-refractivity contribution is 7.46. The maximum Gasteiger partial charge on any atom is 0.469 e. The standard InChI is InChI=1S/C39H71O11P/c1-4-5-16-22-32(40)26-27-35-34(36(41)28-37(35)42)23-18-14-15-20-25-39(44)50-33(30-49-51(45,46)47)29-48-38(43)24-19-13-11-9-7-6-8-10-12-17-21-31(2)3/h14,18,26-27,31-37,40-42H,4-13,15-17,19-25,28-30H2,1-3H3,(H2,45,46,47)/b18-14+,27-26+/t32-,33+,34+,35+,36-,37+/m0/s1. The summed E-state index contributed by atoms with van der Waals surface area (Å²) in [5, 5.41) is 31.2. The molecule has 6 atom stereocenters. The quantitative estimate of drug-likeness (QED) is 0.0202. The van der Waals surface area contributed by atoms with Crippen molar-refractivity contribution in [2.75, 3.05) is 13.2 Å². The predicted molar refractivity (Wildman–Crippen MR) is 200 cm³/mol. The van der Waals surface area contributed by atoms with Crippen LogP contribution in [0.2, 0.25) is 0 Å². The minimum atomic E-state index is -4.82. The van der Waals surface area contributed by atoms with E-state index in [0.717, 1.165) is 44.4 Å². The van der Waals surface area contributed by atoms with Crippen LogP contribution in [0.4, 0.5) is 0 Å². The molecular formula is C39H71O11P. The molecule has 1 aliphatic rings. The normalized spacial score (nSPS) is 20.8. The number of rotatable bonds is 31. The molecular weight excluding hydrogens is 675 g/mol. The number of aliphatic hydroxyl groups is 3. The first-order valence-corrected chi connectivity index (χ1v) is 21.3. The number of allylic oxidation sites excluding steroid dienone is 2. The van der Waals surface area contributed by atoms with Gasteiger partial charge in [-0.3, -0.25) is 14.1 Å². The van der Waals surface area contributed by atoms with Crippen molar-refractivity contribution in [3.63, 3.8) is 0 Å². The Labute approximate surface area is 307 Å². The minimum Gasteiger partial charge on any atom is -0.462 e. The predicted octanol–water partition coefficient (Wildman–Crippen LogP) is 7.86. The number of carbonyl (C=O) groups is 2. The summed E-state index contributed by atoms with van der Waals surface area (Å²) >= 11 is 0. The summed E-state index contributed by atoms with van der Waals surface area (Å²) in [5.74, 6) is -0.713. The Morgan fingerprint density at radius 3 is 2.02 bits per heavy atom. The lowest BCUT2D eigenvalue weighted by Gasteiger charge is -2.19. The van der Waals surface area contributed by atoms with Gasteiger partial charge in [0.15, 0.2) is 6.10 Å². The molecule has 0 heterocycles. The highest BCUT2D eigenvalue weighted by Crippen LogP contribution is 2.37. The molecule has 0 aromatic carbocycles. The Hall–Kier alpha value is -1.59. The number of esters is 2. The summed E-state index contributed by atoms with van der Waals surface area (Å²) in [6.07, 6.45) is 22.9. The lowest BCUT2D eigenvalue weighted by atomic mass is 9.89. The Bertz CT molecular complexity index is 1010.